The van der Waals surface area contributed by atoms with Gasteiger partial charge in [-0.15, -0.1) is 0 Å². The summed E-state index contributed by atoms with van der Waals surface area (Å²) in [6, 6.07) is 4.09. The Bertz CT molecular complexity index is 1230. The maximum absolute atomic E-state index is 10.3. The molecule has 2 heterocycles. The lowest BCUT2D eigenvalue weighted by Crippen LogP contribution is -2.34. The molecule has 1 fully saturated rings. The zero-order valence-electron chi connectivity index (χ0n) is 22.1. The van der Waals surface area contributed by atoms with Crippen LogP contribution in [-0.2, 0) is 10.1 Å². The molecule has 1 aliphatic heterocycles. The number of aliphatic hydroxyl groups excluding tert-OH is 1. The summed E-state index contributed by atoms with van der Waals surface area (Å²) >= 11 is 0. The van der Waals surface area contributed by atoms with Gasteiger partial charge in [-0.25, -0.2) is 4.98 Å². The molecule has 37 heavy (non-hydrogen) atoms. The highest BCUT2D eigenvalue weighted by molar-refractivity contribution is 7.85. The van der Waals surface area contributed by atoms with Crippen molar-refractivity contribution in [3.05, 3.63) is 35.0 Å². The number of anilines is 1. The van der Waals surface area contributed by atoms with Crippen LogP contribution >= 0.6 is 0 Å². The van der Waals surface area contributed by atoms with Gasteiger partial charge < -0.3 is 24.2 Å². The average Bonchev–Trinajstić information content (AvgIpc) is 2.87. The summed E-state index contributed by atoms with van der Waals surface area (Å²) in [5.41, 5.74) is 3.58. The molecule has 0 unspecified atom stereocenters. The third kappa shape index (κ3) is 6.68. The highest BCUT2D eigenvalue weighted by atomic mass is 32.2. The largest absolute Gasteiger partial charge is 0.493 e. The minimum Gasteiger partial charge on any atom is -0.493 e. The number of hydrogen-bond acceptors (Lipinski definition) is 10. The van der Waals surface area contributed by atoms with Gasteiger partial charge in [0.05, 0.1) is 50.0 Å². The van der Waals surface area contributed by atoms with Gasteiger partial charge in [0.1, 0.15) is 0 Å². The zero-order valence-corrected chi connectivity index (χ0v) is 22.9. The minimum atomic E-state index is -3.66. The first kappa shape index (κ1) is 28.6. The molecule has 0 spiro atoms. The van der Waals surface area contributed by atoms with Crippen LogP contribution in [0.3, 0.4) is 0 Å². The van der Waals surface area contributed by atoms with E-state index >= 15 is 0 Å². The molecule has 2 aromatic rings. The Morgan fingerprint density at radius 2 is 1.78 bits per heavy atom. The summed E-state index contributed by atoms with van der Waals surface area (Å²) in [5, 5.41) is 10.3. The predicted molar refractivity (Wildman–Crippen MR) is 141 cm³/mol. The molecule has 1 aromatic carbocycles. The number of benzene rings is 1. The van der Waals surface area contributed by atoms with Gasteiger partial charge in [-0.1, -0.05) is 0 Å². The van der Waals surface area contributed by atoms with Crippen molar-refractivity contribution < 1.29 is 32.3 Å². The van der Waals surface area contributed by atoms with E-state index in [2.05, 4.69) is 9.97 Å². The van der Waals surface area contributed by atoms with Gasteiger partial charge >= 0.3 is 0 Å². The second-order valence-corrected chi connectivity index (χ2v) is 10.7. The van der Waals surface area contributed by atoms with Gasteiger partial charge in [0, 0.05) is 31.8 Å². The summed E-state index contributed by atoms with van der Waals surface area (Å²) in [6.45, 7) is 3.86. The first-order valence-corrected chi connectivity index (χ1v) is 13.8. The van der Waals surface area contributed by atoms with Gasteiger partial charge in [0.15, 0.2) is 11.5 Å². The predicted octanol–water partition coefficient (Wildman–Crippen LogP) is 2.70. The minimum absolute atomic E-state index is 0.0759. The number of nitrogens with zero attached hydrogens (tertiary/aromatic N) is 4. The molecular formula is C25H36N4O7S. The number of aliphatic hydroxyl groups is 1. The summed E-state index contributed by atoms with van der Waals surface area (Å²) in [4.78, 5) is 16.0. The number of aliphatic imine (C=N–C) groups is 1. The topological polar surface area (TPSA) is 144 Å². The Morgan fingerprint density at radius 1 is 1.08 bits per heavy atom. The van der Waals surface area contributed by atoms with Crippen LogP contribution < -0.4 is 19.1 Å². The Morgan fingerprint density at radius 3 is 2.35 bits per heavy atom. The molecule has 204 valence electrons. The maximum Gasteiger partial charge on any atom is 0.264 e. The highest BCUT2D eigenvalue weighted by Gasteiger charge is 2.38. The van der Waals surface area contributed by atoms with Crippen molar-refractivity contribution in [1.82, 2.24) is 9.97 Å². The molecule has 0 amide bonds. The standard InChI is InChI=1S/C23H30N4O4.C2H6O3S/c1-6-31-20-10-14-15-9-13(28)7-8-18(15)25-21(16(14)11-19(20)29-4)17-12-24-23(27(2)3)26-22(17)30-5;1-2-6(3,4)5/h10-13,15,18,28H,6-9H2,1-5H3;2H2,1H3,(H,3,4,5)/t13-,15-,18-;/m1./s1. The van der Waals surface area contributed by atoms with Gasteiger partial charge in [0.2, 0.25) is 11.8 Å². The number of fused-ring (bicyclic) bond motifs is 3. The molecule has 3 atom stereocenters. The van der Waals surface area contributed by atoms with Crippen LogP contribution in [0.15, 0.2) is 23.3 Å². The molecule has 12 heteroatoms. The number of hydrogen-bond donors (Lipinski definition) is 2. The van der Waals surface area contributed by atoms with Crippen LogP contribution in [0.2, 0.25) is 0 Å². The van der Waals surface area contributed by atoms with Gasteiger partial charge in [-0.2, -0.15) is 13.4 Å². The third-order valence-corrected chi connectivity index (χ3v) is 7.06. The number of aromatic nitrogens is 2. The summed E-state index contributed by atoms with van der Waals surface area (Å²) in [6.07, 6.45) is 3.70. The third-order valence-electron chi connectivity index (χ3n) is 6.33. The zero-order chi connectivity index (χ0) is 27.3. The van der Waals surface area contributed by atoms with Gasteiger partial charge in [-0.3, -0.25) is 9.55 Å². The fourth-order valence-electron chi connectivity index (χ4n) is 4.48. The molecule has 1 aliphatic carbocycles. The Hall–Kier alpha value is -2.96. The molecule has 0 saturated heterocycles. The van der Waals surface area contributed by atoms with E-state index in [0.717, 1.165) is 35.2 Å². The number of ether oxygens (including phenoxy) is 3. The molecule has 0 bridgehead atoms. The Kier molecular flexibility index (Phi) is 9.32. The molecule has 2 aliphatic rings. The van der Waals surface area contributed by atoms with E-state index < -0.39 is 10.1 Å². The van der Waals surface area contributed by atoms with Gasteiger partial charge in [0.25, 0.3) is 10.1 Å². The number of methoxy groups -OCH3 is 2. The normalized spacial score (nSPS) is 20.4. The first-order valence-electron chi connectivity index (χ1n) is 12.2. The van der Waals surface area contributed by atoms with E-state index in [9.17, 15) is 13.5 Å². The monoisotopic (exact) mass is 536 g/mol. The average molecular weight is 537 g/mol. The molecular weight excluding hydrogens is 500 g/mol. The fourth-order valence-corrected chi connectivity index (χ4v) is 4.48. The van der Waals surface area contributed by atoms with Crippen molar-refractivity contribution in [2.24, 2.45) is 4.99 Å². The van der Waals surface area contributed by atoms with E-state index in [4.69, 9.17) is 23.8 Å². The fraction of sp³-hybridized carbons (Fsp3) is 0.560. The molecule has 1 saturated carbocycles. The first-order chi connectivity index (χ1) is 17.5. The molecule has 4 rings (SSSR count). The maximum atomic E-state index is 10.3. The van der Waals surface area contributed by atoms with Crippen molar-refractivity contribution in [1.29, 1.82) is 0 Å². The van der Waals surface area contributed by atoms with Crippen molar-refractivity contribution in [3.63, 3.8) is 0 Å². The molecule has 11 nitrogen and oxygen atoms in total. The van der Waals surface area contributed by atoms with Crippen LogP contribution in [-0.4, -0.2) is 86.6 Å². The van der Waals surface area contributed by atoms with Crippen LogP contribution in [0.25, 0.3) is 0 Å². The summed E-state index contributed by atoms with van der Waals surface area (Å²) in [5.74, 6) is 2.32. The second kappa shape index (κ2) is 12.1. The van der Waals surface area contributed by atoms with E-state index in [1.165, 1.54) is 6.92 Å². The van der Waals surface area contributed by atoms with Crippen LogP contribution in [0.5, 0.6) is 17.4 Å². The highest BCUT2D eigenvalue weighted by Crippen LogP contribution is 2.45. The van der Waals surface area contributed by atoms with Crippen molar-refractivity contribution >= 4 is 21.8 Å². The molecule has 1 aromatic heterocycles. The summed E-state index contributed by atoms with van der Waals surface area (Å²) in [7, 11) is 3.35. The van der Waals surface area contributed by atoms with Crippen LogP contribution in [0, 0.1) is 0 Å². The molecule has 0 radical (unpaired) electrons. The van der Waals surface area contributed by atoms with Crippen LogP contribution in [0.4, 0.5) is 5.95 Å². The summed E-state index contributed by atoms with van der Waals surface area (Å²) < 4.78 is 44.0. The van der Waals surface area contributed by atoms with E-state index in [0.29, 0.717) is 36.4 Å². The Labute approximate surface area is 218 Å². The van der Waals surface area contributed by atoms with Gasteiger partial charge in [-0.05, 0) is 50.8 Å². The van der Waals surface area contributed by atoms with Crippen molar-refractivity contribution in [3.8, 4) is 17.4 Å². The van der Waals surface area contributed by atoms with E-state index in [1.54, 1.807) is 20.4 Å². The van der Waals surface area contributed by atoms with Crippen molar-refractivity contribution in [2.45, 2.75) is 51.2 Å². The lowest BCUT2D eigenvalue weighted by Gasteiger charge is -2.37. The smallest absolute Gasteiger partial charge is 0.264 e. The molecule has 2 N–H and O–H groups in total. The van der Waals surface area contributed by atoms with Crippen LogP contribution in [0.1, 0.15) is 55.7 Å². The van der Waals surface area contributed by atoms with E-state index in [-0.39, 0.29) is 23.8 Å². The van der Waals surface area contributed by atoms with Crippen molar-refractivity contribution in [2.75, 3.05) is 45.6 Å². The second-order valence-electron chi connectivity index (χ2n) is 9.00. The Balaban J connectivity index is 0.000000568. The number of rotatable bonds is 7. The lowest BCUT2D eigenvalue weighted by molar-refractivity contribution is 0.111. The quantitative estimate of drug-likeness (QED) is 0.507. The lowest BCUT2D eigenvalue weighted by atomic mass is 9.74. The SMILES string of the molecule is CCOc1cc2c(cc1OC)C(c1cnc(N(C)C)nc1OC)=N[C@@H]1CC[C@@H](O)C[C@H]21.CCS(=O)(=O)O. The van der Waals surface area contributed by atoms with E-state index in [1.807, 2.05) is 38.1 Å².